The summed E-state index contributed by atoms with van der Waals surface area (Å²) in [6.07, 6.45) is 5.40. The number of ether oxygens (including phenoxy) is 5. The SMILES string of the molecule is C#CCOc1ccc2c(c1)c(-c1ccc(C(C)C)cc1)nc(=O)n2Cc1cccc(OCCOCCOCCOC)c1. The standard InChI is InChI=1S/C34H38N2O6/c1-5-15-41-30-13-14-32-31(23-30)33(28-11-9-27(10-12-28)25(2)3)35-34(37)36(32)24-26-7-6-8-29(22-26)42-21-20-40-19-18-39-17-16-38-4/h1,6-14,22-23,25H,15-21,24H2,2-4H3. The molecule has 1 aromatic heterocycles. The van der Waals surface area contributed by atoms with Crippen LogP contribution in [0.3, 0.4) is 0 Å². The molecule has 4 aromatic rings. The van der Waals surface area contributed by atoms with E-state index >= 15 is 0 Å². The molecule has 0 N–H and O–H groups in total. The maximum atomic E-state index is 13.4. The highest BCUT2D eigenvalue weighted by molar-refractivity contribution is 5.93. The fourth-order valence-corrected chi connectivity index (χ4v) is 4.47. The van der Waals surface area contributed by atoms with Crippen molar-refractivity contribution in [3.05, 3.63) is 88.3 Å². The molecule has 0 atom stereocenters. The second-order valence-electron chi connectivity index (χ2n) is 9.99. The van der Waals surface area contributed by atoms with Crippen LogP contribution in [0, 0.1) is 12.3 Å². The Hall–Kier alpha value is -4.16. The predicted octanol–water partition coefficient (Wildman–Crippen LogP) is 5.31. The minimum absolute atomic E-state index is 0.150. The molecule has 0 aliphatic carbocycles. The average molecular weight is 571 g/mol. The number of hydrogen-bond donors (Lipinski definition) is 0. The van der Waals surface area contributed by atoms with Gasteiger partial charge in [0.25, 0.3) is 0 Å². The molecule has 1 heterocycles. The maximum Gasteiger partial charge on any atom is 0.348 e. The summed E-state index contributed by atoms with van der Waals surface area (Å²) in [4.78, 5) is 18.0. The Morgan fingerprint density at radius 1 is 0.857 bits per heavy atom. The van der Waals surface area contributed by atoms with Gasteiger partial charge in [-0.1, -0.05) is 56.2 Å². The Morgan fingerprint density at radius 3 is 2.29 bits per heavy atom. The summed E-state index contributed by atoms with van der Waals surface area (Å²) in [5.41, 5.74) is 4.01. The molecule has 0 aliphatic rings. The smallest absolute Gasteiger partial charge is 0.348 e. The van der Waals surface area contributed by atoms with Crippen molar-refractivity contribution in [1.82, 2.24) is 9.55 Å². The second-order valence-corrected chi connectivity index (χ2v) is 9.99. The van der Waals surface area contributed by atoms with E-state index in [1.54, 1.807) is 11.7 Å². The molecule has 0 spiro atoms. The monoisotopic (exact) mass is 570 g/mol. The fourth-order valence-electron chi connectivity index (χ4n) is 4.47. The Kier molecular flexibility index (Phi) is 11.5. The zero-order chi connectivity index (χ0) is 29.7. The van der Waals surface area contributed by atoms with E-state index in [2.05, 4.69) is 36.9 Å². The van der Waals surface area contributed by atoms with Crippen LogP contribution < -0.4 is 15.2 Å². The molecule has 0 unspecified atom stereocenters. The van der Waals surface area contributed by atoms with Crippen molar-refractivity contribution in [3.63, 3.8) is 0 Å². The summed E-state index contributed by atoms with van der Waals surface area (Å²) >= 11 is 0. The first kappa shape index (κ1) is 30.8. The molecule has 0 fully saturated rings. The number of benzene rings is 3. The van der Waals surface area contributed by atoms with Crippen LogP contribution in [-0.4, -0.2) is 62.9 Å². The molecule has 4 rings (SSSR count). The zero-order valence-electron chi connectivity index (χ0n) is 24.5. The highest BCUT2D eigenvalue weighted by atomic mass is 16.6. The minimum atomic E-state index is -0.338. The van der Waals surface area contributed by atoms with Crippen molar-refractivity contribution in [2.45, 2.75) is 26.3 Å². The van der Waals surface area contributed by atoms with Crippen LogP contribution in [0.5, 0.6) is 11.5 Å². The first-order chi connectivity index (χ1) is 20.5. The van der Waals surface area contributed by atoms with E-state index in [1.807, 2.05) is 54.6 Å². The lowest BCUT2D eigenvalue weighted by Crippen LogP contribution is -2.24. The van der Waals surface area contributed by atoms with E-state index in [0.29, 0.717) is 69.3 Å². The van der Waals surface area contributed by atoms with Crippen molar-refractivity contribution >= 4 is 10.9 Å². The Bertz CT molecular complexity index is 1540. The molecular weight excluding hydrogens is 532 g/mol. The lowest BCUT2D eigenvalue weighted by molar-refractivity contribution is 0.0179. The highest BCUT2D eigenvalue weighted by Gasteiger charge is 2.15. The third-order valence-corrected chi connectivity index (χ3v) is 6.66. The van der Waals surface area contributed by atoms with Gasteiger partial charge in [0.05, 0.1) is 50.8 Å². The van der Waals surface area contributed by atoms with Crippen LogP contribution in [0.2, 0.25) is 0 Å². The van der Waals surface area contributed by atoms with E-state index in [-0.39, 0.29) is 12.3 Å². The highest BCUT2D eigenvalue weighted by Crippen LogP contribution is 2.30. The van der Waals surface area contributed by atoms with Gasteiger partial charge in [-0.25, -0.2) is 4.79 Å². The Morgan fingerprint density at radius 2 is 1.57 bits per heavy atom. The predicted molar refractivity (Wildman–Crippen MR) is 164 cm³/mol. The number of fused-ring (bicyclic) bond motifs is 1. The average Bonchev–Trinajstić information content (AvgIpc) is 3.00. The second kappa shape index (κ2) is 15.7. The summed E-state index contributed by atoms with van der Waals surface area (Å²) in [6.45, 7) is 7.72. The Balaban J connectivity index is 1.53. The van der Waals surface area contributed by atoms with Gasteiger partial charge in [-0.3, -0.25) is 4.57 Å². The van der Waals surface area contributed by atoms with Crippen molar-refractivity contribution in [3.8, 4) is 35.1 Å². The number of aromatic nitrogens is 2. The van der Waals surface area contributed by atoms with Crippen molar-refractivity contribution < 1.29 is 23.7 Å². The van der Waals surface area contributed by atoms with Crippen LogP contribution in [0.15, 0.2) is 71.5 Å². The Labute approximate surface area is 247 Å². The number of rotatable bonds is 16. The third-order valence-electron chi connectivity index (χ3n) is 6.66. The normalized spacial score (nSPS) is 11.1. The molecule has 0 aliphatic heterocycles. The van der Waals surface area contributed by atoms with E-state index in [4.69, 9.17) is 30.1 Å². The summed E-state index contributed by atoms with van der Waals surface area (Å²) in [5, 5.41) is 0.803. The van der Waals surface area contributed by atoms with Gasteiger partial charge in [0, 0.05) is 18.1 Å². The molecule has 0 bridgehead atoms. The molecule has 0 radical (unpaired) electrons. The first-order valence-electron chi connectivity index (χ1n) is 14.1. The van der Waals surface area contributed by atoms with E-state index in [0.717, 1.165) is 22.0 Å². The van der Waals surface area contributed by atoms with Gasteiger partial charge in [-0.05, 0) is 47.4 Å². The van der Waals surface area contributed by atoms with Crippen LogP contribution >= 0.6 is 0 Å². The van der Waals surface area contributed by atoms with E-state index < -0.39 is 0 Å². The van der Waals surface area contributed by atoms with Gasteiger partial charge in [0.1, 0.15) is 24.7 Å². The molecule has 0 amide bonds. The van der Waals surface area contributed by atoms with E-state index in [1.165, 1.54) is 5.56 Å². The van der Waals surface area contributed by atoms with Crippen molar-refractivity contribution in [2.75, 3.05) is 53.4 Å². The van der Waals surface area contributed by atoms with Gasteiger partial charge >= 0.3 is 5.69 Å². The lowest BCUT2D eigenvalue weighted by Gasteiger charge is -2.15. The van der Waals surface area contributed by atoms with Gasteiger partial charge in [-0.2, -0.15) is 4.98 Å². The van der Waals surface area contributed by atoms with E-state index in [9.17, 15) is 4.79 Å². The lowest BCUT2D eigenvalue weighted by atomic mass is 9.99. The van der Waals surface area contributed by atoms with Crippen LogP contribution in [-0.2, 0) is 20.8 Å². The number of methoxy groups -OCH3 is 1. The number of terminal acetylenes is 1. The molecule has 42 heavy (non-hydrogen) atoms. The quantitative estimate of drug-likeness (QED) is 0.134. The summed E-state index contributed by atoms with van der Waals surface area (Å²) in [7, 11) is 1.64. The zero-order valence-corrected chi connectivity index (χ0v) is 24.5. The molecule has 0 saturated carbocycles. The fraction of sp³-hybridized carbons (Fsp3) is 0.353. The maximum absolute atomic E-state index is 13.4. The van der Waals surface area contributed by atoms with Crippen LogP contribution in [0.4, 0.5) is 0 Å². The number of hydrogen-bond acceptors (Lipinski definition) is 7. The first-order valence-corrected chi connectivity index (χ1v) is 14.1. The van der Waals surface area contributed by atoms with Crippen molar-refractivity contribution in [1.29, 1.82) is 0 Å². The molecule has 8 heteroatoms. The van der Waals surface area contributed by atoms with Gasteiger partial charge in [0.15, 0.2) is 0 Å². The van der Waals surface area contributed by atoms with Crippen LogP contribution in [0.1, 0.15) is 30.9 Å². The third kappa shape index (κ3) is 8.43. The topological polar surface area (TPSA) is 81.0 Å². The molecule has 0 saturated heterocycles. The number of nitrogens with zero attached hydrogens (tertiary/aromatic N) is 2. The molecule has 3 aromatic carbocycles. The largest absolute Gasteiger partial charge is 0.491 e. The van der Waals surface area contributed by atoms with Crippen molar-refractivity contribution in [2.24, 2.45) is 0 Å². The molecule has 220 valence electrons. The van der Waals surface area contributed by atoms with Gasteiger partial charge in [-0.15, -0.1) is 6.42 Å². The molecule has 8 nitrogen and oxygen atoms in total. The molecular formula is C34H38N2O6. The van der Waals surface area contributed by atoms with Gasteiger partial charge < -0.3 is 23.7 Å². The summed E-state index contributed by atoms with van der Waals surface area (Å²) in [6, 6.07) is 21.4. The summed E-state index contributed by atoms with van der Waals surface area (Å²) in [5.74, 6) is 4.21. The summed E-state index contributed by atoms with van der Waals surface area (Å²) < 4.78 is 29.1. The van der Waals surface area contributed by atoms with Crippen LogP contribution in [0.25, 0.3) is 22.2 Å². The van der Waals surface area contributed by atoms with Gasteiger partial charge in [0.2, 0.25) is 0 Å². The minimum Gasteiger partial charge on any atom is -0.491 e.